The standard InChI is InChI=1S/C25H21N2O.C13H24O2.Ir/c1-14(2)20-13-18(12-17-8-5-6-9-19(17)20)23-22-15(3)16(4)28-25(22)24-21(27-23)10-7-11-26-24;1-5-10(6-2)12(14)9-13(15)11(7-3)8-4;/h5-11,13-14H,1-4H3;9-11,14H,5-8H2,1-4H3;/q-1;;/b;12-9-;. The summed E-state index contributed by atoms with van der Waals surface area (Å²) < 4.78 is 6.12. The molecule has 0 fully saturated rings. The van der Waals surface area contributed by atoms with Crippen molar-refractivity contribution in [1.82, 2.24) is 9.97 Å². The van der Waals surface area contributed by atoms with Crippen LogP contribution in [0, 0.1) is 31.7 Å². The summed E-state index contributed by atoms with van der Waals surface area (Å²) in [6, 6.07) is 18.2. The number of hydrogen-bond donors (Lipinski definition) is 1. The monoisotopic (exact) mass is 770 g/mol. The molecule has 0 saturated carbocycles. The summed E-state index contributed by atoms with van der Waals surface area (Å²) in [6.45, 7) is 16.6. The molecule has 5 nitrogen and oxygen atoms in total. The number of aromatic nitrogens is 2. The summed E-state index contributed by atoms with van der Waals surface area (Å²) in [5.74, 6) is 1.86. The van der Waals surface area contributed by atoms with E-state index >= 15 is 0 Å². The van der Waals surface area contributed by atoms with Crippen LogP contribution in [0.5, 0.6) is 0 Å². The summed E-state index contributed by atoms with van der Waals surface area (Å²) in [5.41, 5.74) is 6.79. The molecule has 0 aliphatic rings. The molecule has 3 aromatic heterocycles. The van der Waals surface area contributed by atoms with Crippen molar-refractivity contribution in [2.24, 2.45) is 11.8 Å². The van der Waals surface area contributed by atoms with Crippen LogP contribution in [0.1, 0.15) is 90.0 Å². The zero-order chi connectivity index (χ0) is 31.3. The Labute approximate surface area is 275 Å². The quantitative estimate of drug-likeness (QED) is 0.0918. The number of aliphatic hydroxyl groups excluding tert-OH is 1. The van der Waals surface area contributed by atoms with Crippen molar-refractivity contribution in [3.63, 3.8) is 0 Å². The van der Waals surface area contributed by atoms with E-state index in [0.29, 0.717) is 5.92 Å². The molecule has 0 saturated heterocycles. The van der Waals surface area contributed by atoms with E-state index in [0.717, 1.165) is 75.7 Å². The molecule has 44 heavy (non-hydrogen) atoms. The van der Waals surface area contributed by atoms with Gasteiger partial charge in [0.05, 0.1) is 11.3 Å². The molecule has 1 radical (unpaired) electrons. The number of hydrogen-bond acceptors (Lipinski definition) is 5. The third-order valence-electron chi connectivity index (χ3n) is 8.62. The molecule has 5 rings (SSSR count). The number of aliphatic hydroxyl groups is 1. The first-order valence-electron chi connectivity index (χ1n) is 15.7. The van der Waals surface area contributed by atoms with Crippen molar-refractivity contribution in [2.75, 3.05) is 0 Å². The van der Waals surface area contributed by atoms with Crippen molar-refractivity contribution < 1.29 is 34.4 Å². The second-order valence-electron chi connectivity index (χ2n) is 11.7. The van der Waals surface area contributed by atoms with Crippen molar-refractivity contribution in [3.05, 3.63) is 83.5 Å². The van der Waals surface area contributed by atoms with Crippen LogP contribution < -0.4 is 0 Å². The van der Waals surface area contributed by atoms with Gasteiger partial charge in [0, 0.05) is 55.3 Å². The zero-order valence-corrected chi connectivity index (χ0v) is 29.6. The summed E-state index contributed by atoms with van der Waals surface area (Å²) >= 11 is 0. The van der Waals surface area contributed by atoms with Gasteiger partial charge in [0.1, 0.15) is 11.3 Å². The van der Waals surface area contributed by atoms with Gasteiger partial charge >= 0.3 is 0 Å². The Morgan fingerprint density at radius 1 is 0.977 bits per heavy atom. The Morgan fingerprint density at radius 2 is 1.64 bits per heavy atom. The van der Waals surface area contributed by atoms with Crippen LogP contribution in [0.25, 0.3) is 44.0 Å². The number of benzene rings is 2. The molecule has 0 spiro atoms. The first-order valence-corrected chi connectivity index (χ1v) is 15.7. The summed E-state index contributed by atoms with van der Waals surface area (Å²) in [5, 5.41) is 13.2. The molecule has 235 valence electrons. The van der Waals surface area contributed by atoms with E-state index in [9.17, 15) is 9.90 Å². The minimum atomic E-state index is 0. The van der Waals surface area contributed by atoms with Gasteiger partial charge in [-0.05, 0) is 63.1 Å². The molecule has 5 aromatic rings. The fourth-order valence-electron chi connectivity index (χ4n) is 5.76. The molecule has 0 bridgehead atoms. The number of furan rings is 1. The smallest absolute Gasteiger partial charge is 0.162 e. The van der Waals surface area contributed by atoms with E-state index in [2.05, 4.69) is 62.2 Å². The second-order valence-corrected chi connectivity index (χ2v) is 11.7. The van der Waals surface area contributed by atoms with Gasteiger partial charge in [0.15, 0.2) is 11.4 Å². The molecular formula is C38H45IrN2O3-. The van der Waals surface area contributed by atoms with E-state index in [-0.39, 0.29) is 43.5 Å². The number of carbonyl (C=O) groups excluding carboxylic acids is 1. The molecule has 0 amide bonds. The zero-order valence-electron chi connectivity index (χ0n) is 27.2. The number of rotatable bonds is 9. The SMILES string of the molecule is CCC(CC)C(=O)/C=C(\O)C(CC)CC.Cc1oc2c(c(-c3[c-]c4ccccc4c(C(C)C)c3)nc3cccnc32)c1C.[Ir]. The first kappa shape index (κ1) is 35.1. The van der Waals surface area contributed by atoms with Gasteiger partial charge in [-0.1, -0.05) is 70.7 Å². The van der Waals surface area contributed by atoms with E-state index in [1.54, 1.807) is 6.20 Å². The van der Waals surface area contributed by atoms with E-state index < -0.39 is 0 Å². The summed E-state index contributed by atoms with van der Waals surface area (Å²) in [6.07, 6.45) is 6.69. The van der Waals surface area contributed by atoms with Crippen LogP contribution in [0.3, 0.4) is 0 Å². The predicted octanol–water partition coefficient (Wildman–Crippen LogP) is 10.6. The molecule has 0 aliphatic carbocycles. The summed E-state index contributed by atoms with van der Waals surface area (Å²) in [7, 11) is 0. The molecule has 1 N–H and O–H groups in total. The third-order valence-corrected chi connectivity index (χ3v) is 8.62. The maximum atomic E-state index is 11.7. The number of fused-ring (bicyclic) bond motifs is 4. The largest absolute Gasteiger partial charge is 0.512 e. The van der Waals surface area contributed by atoms with Crippen molar-refractivity contribution in [3.8, 4) is 11.3 Å². The van der Waals surface area contributed by atoms with Gasteiger partial charge in [0.2, 0.25) is 0 Å². The minimum Gasteiger partial charge on any atom is -0.512 e. The Hall–Kier alpha value is -3.34. The Kier molecular flexibility index (Phi) is 12.5. The van der Waals surface area contributed by atoms with Crippen LogP contribution in [0.4, 0.5) is 0 Å². The molecule has 3 heterocycles. The third kappa shape index (κ3) is 7.30. The van der Waals surface area contributed by atoms with Crippen LogP contribution >= 0.6 is 0 Å². The normalized spacial score (nSPS) is 11.8. The molecular weight excluding hydrogens is 725 g/mol. The Balaban J connectivity index is 0.000000286. The number of pyridine rings is 2. The van der Waals surface area contributed by atoms with Crippen LogP contribution in [-0.2, 0) is 24.9 Å². The van der Waals surface area contributed by atoms with E-state index in [1.807, 2.05) is 46.8 Å². The molecule has 2 aromatic carbocycles. The van der Waals surface area contributed by atoms with Crippen molar-refractivity contribution >= 4 is 38.6 Å². The Morgan fingerprint density at radius 3 is 2.27 bits per heavy atom. The van der Waals surface area contributed by atoms with E-state index in [1.165, 1.54) is 17.0 Å². The van der Waals surface area contributed by atoms with Gasteiger partial charge < -0.3 is 9.52 Å². The van der Waals surface area contributed by atoms with Crippen LogP contribution in [-0.4, -0.2) is 20.9 Å². The molecule has 0 unspecified atom stereocenters. The van der Waals surface area contributed by atoms with Crippen molar-refractivity contribution in [2.45, 2.75) is 87.0 Å². The van der Waals surface area contributed by atoms with Gasteiger partial charge in [-0.25, -0.2) is 0 Å². The van der Waals surface area contributed by atoms with E-state index in [4.69, 9.17) is 9.40 Å². The Bertz CT molecular complexity index is 1760. The number of ketones is 1. The fourth-order valence-corrected chi connectivity index (χ4v) is 5.76. The maximum Gasteiger partial charge on any atom is 0.162 e. The molecule has 6 heteroatoms. The number of aryl methyl sites for hydroxylation is 2. The first-order chi connectivity index (χ1) is 20.6. The second kappa shape index (κ2) is 15.6. The maximum absolute atomic E-state index is 11.7. The van der Waals surface area contributed by atoms with Gasteiger partial charge in [-0.2, -0.15) is 0 Å². The number of nitrogens with zero attached hydrogens (tertiary/aromatic N) is 2. The van der Waals surface area contributed by atoms with Crippen LogP contribution in [0.15, 0.2) is 64.9 Å². The van der Waals surface area contributed by atoms with Gasteiger partial charge in [-0.3, -0.25) is 14.8 Å². The van der Waals surface area contributed by atoms with Gasteiger partial charge in [0.25, 0.3) is 0 Å². The number of carbonyl (C=O) groups is 1. The number of allylic oxidation sites excluding steroid dienone is 2. The fraction of sp³-hybridized carbons (Fsp3) is 0.395. The summed E-state index contributed by atoms with van der Waals surface area (Å²) in [4.78, 5) is 21.2. The van der Waals surface area contributed by atoms with Gasteiger partial charge in [-0.15, -0.1) is 29.1 Å². The molecule has 0 atom stereocenters. The average Bonchev–Trinajstić information content (AvgIpc) is 3.31. The average molecular weight is 770 g/mol. The molecule has 0 aliphatic heterocycles. The topological polar surface area (TPSA) is 76.2 Å². The van der Waals surface area contributed by atoms with Crippen LogP contribution in [0.2, 0.25) is 0 Å². The minimum absolute atomic E-state index is 0. The van der Waals surface area contributed by atoms with Crippen molar-refractivity contribution in [1.29, 1.82) is 0 Å². The predicted molar refractivity (Wildman–Crippen MR) is 179 cm³/mol.